The van der Waals surface area contributed by atoms with Crippen molar-refractivity contribution in [2.24, 2.45) is 10.2 Å². The topological polar surface area (TPSA) is 68.2 Å². The molecule has 0 radical (unpaired) electrons. The zero-order valence-electron chi connectivity index (χ0n) is 19.3. The van der Waals surface area contributed by atoms with Crippen molar-refractivity contribution in [3.63, 3.8) is 0 Å². The smallest absolute Gasteiger partial charge is 0.189 e. The molecule has 0 atom stereocenters. The van der Waals surface area contributed by atoms with Gasteiger partial charge in [-0.15, -0.1) is 0 Å². The summed E-state index contributed by atoms with van der Waals surface area (Å²) < 4.78 is 0. The summed E-state index contributed by atoms with van der Waals surface area (Å²) in [6.07, 6.45) is 9.83. The SMILES string of the molecule is C/C(=N\NC(=S)N1CCCCCC1)c1cccc(/C(C)=N/NC(=S)N2CCCCCC2)n1. The van der Waals surface area contributed by atoms with Crippen LogP contribution in [0, 0.1) is 0 Å². The monoisotopic (exact) mass is 473 g/mol. The van der Waals surface area contributed by atoms with Crippen LogP contribution in [0.3, 0.4) is 0 Å². The number of hydrogen-bond donors (Lipinski definition) is 2. The second kappa shape index (κ2) is 12.8. The summed E-state index contributed by atoms with van der Waals surface area (Å²) in [6.45, 7) is 7.85. The number of thiocarbonyl (C=S) groups is 2. The van der Waals surface area contributed by atoms with E-state index in [4.69, 9.17) is 29.4 Å². The molecule has 174 valence electrons. The van der Waals surface area contributed by atoms with E-state index in [1.807, 2.05) is 32.0 Å². The van der Waals surface area contributed by atoms with Crippen LogP contribution in [0.25, 0.3) is 0 Å². The molecule has 32 heavy (non-hydrogen) atoms. The van der Waals surface area contributed by atoms with E-state index in [1.54, 1.807) is 0 Å². The van der Waals surface area contributed by atoms with Crippen molar-refractivity contribution in [2.75, 3.05) is 26.2 Å². The van der Waals surface area contributed by atoms with Gasteiger partial charge in [-0.05, 0) is 76.1 Å². The van der Waals surface area contributed by atoms with Gasteiger partial charge in [0.05, 0.1) is 22.8 Å². The second-order valence-corrected chi connectivity index (χ2v) is 9.21. The minimum absolute atomic E-state index is 0.686. The van der Waals surface area contributed by atoms with Crippen LogP contribution in [-0.2, 0) is 0 Å². The van der Waals surface area contributed by atoms with Crippen molar-refractivity contribution in [2.45, 2.75) is 65.2 Å². The van der Waals surface area contributed by atoms with Crippen molar-refractivity contribution in [3.05, 3.63) is 29.6 Å². The molecule has 2 aliphatic heterocycles. The molecule has 3 heterocycles. The van der Waals surface area contributed by atoms with Crippen LogP contribution in [-0.4, -0.2) is 62.6 Å². The van der Waals surface area contributed by atoms with Gasteiger partial charge in [0.1, 0.15) is 0 Å². The van der Waals surface area contributed by atoms with E-state index in [0.717, 1.165) is 49.0 Å². The molecule has 2 N–H and O–H groups in total. The van der Waals surface area contributed by atoms with Crippen molar-refractivity contribution in [1.82, 2.24) is 25.6 Å². The Balaban J connectivity index is 1.59. The first kappa shape index (κ1) is 24.5. The molecule has 2 saturated heterocycles. The van der Waals surface area contributed by atoms with Crippen LogP contribution in [0.2, 0.25) is 0 Å². The Kier molecular flexibility index (Phi) is 9.80. The van der Waals surface area contributed by atoms with Crippen LogP contribution in [0.15, 0.2) is 28.4 Å². The predicted octanol–water partition coefficient (Wildman–Crippen LogP) is 4.03. The van der Waals surface area contributed by atoms with E-state index in [0.29, 0.717) is 10.2 Å². The van der Waals surface area contributed by atoms with Crippen molar-refractivity contribution < 1.29 is 0 Å². The first-order valence-electron chi connectivity index (χ1n) is 11.7. The summed E-state index contributed by atoms with van der Waals surface area (Å²) >= 11 is 11.1. The number of rotatable bonds is 4. The maximum Gasteiger partial charge on any atom is 0.189 e. The Labute approximate surface area is 202 Å². The number of pyridine rings is 1. The van der Waals surface area contributed by atoms with Crippen LogP contribution < -0.4 is 10.9 Å². The normalized spacial score (nSPS) is 18.6. The average Bonchev–Trinajstić information content (AvgIpc) is 3.26. The molecular formula is C23H35N7S2. The fourth-order valence-corrected chi connectivity index (χ4v) is 4.36. The summed E-state index contributed by atoms with van der Waals surface area (Å²) in [5.74, 6) is 0. The summed E-state index contributed by atoms with van der Waals surface area (Å²) in [5.41, 5.74) is 9.24. The van der Waals surface area contributed by atoms with E-state index in [2.05, 4.69) is 30.9 Å². The highest BCUT2D eigenvalue weighted by atomic mass is 32.1. The minimum atomic E-state index is 0.686. The van der Waals surface area contributed by atoms with E-state index in [1.165, 1.54) is 51.4 Å². The van der Waals surface area contributed by atoms with Gasteiger partial charge in [-0.3, -0.25) is 10.9 Å². The Morgan fingerprint density at radius 1 is 0.719 bits per heavy atom. The number of hydrazone groups is 2. The molecule has 7 nitrogen and oxygen atoms in total. The molecule has 9 heteroatoms. The van der Waals surface area contributed by atoms with Gasteiger partial charge in [0.2, 0.25) is 0 Å². The molecule has 1 aromatic rings. The van der Waals surface area contributed by atoms with Gasteiger partial charge in [0.25, 0.3) is 0 Å². The van der Waals surface area contributed by atoms with Crippen molar-refractivity contribution in [1.29, 1.82) is 0 Å². The third-order valence-electron chi connectivity index (χ3n) is 5.92. The molecule has 0 aromatic carbocycles. The lowest BCUT2D eigenvalue weighted by Gasteiger charge is -2.22. The largest absolute Gasteiger partial charge is 0.348 e. The second-order valence-electron chi connectivity index (χ2n) is 8.44. The summed E-state index contributed by atoms with van der Waals surface area (Å²) in [5, 5.41) is 10.3. The van der Waals surface area contributed by atoms with Gasteiger partial charge < -0.3 is 9.80 Å². The Hall–Kier alpha value is -2.13. The minimum Gasteiger partial charge on any atom is -0.348 e. The molecule has 0 spiro atoms. The zero-order valence-corrected chi connectivity index (χ0v) is 20.9. The number of aromatic nitrogens is 1. The average molecular weight is 474 g/mol. The molecule has 3 rings (SSSR count). The molecule has 2 aliphatic rings. The van der Waals surface area contributed by atoms with Crippen molar-refractivity contribution in [3.8, 4) is 0 Å². The lowest BCUT2D eigenvalue weighted by molar-refractivity contribution is 0.428. The van der Waals surface area contributed by atoms with E-state index < -0.39 is 0 Å². The molecular weight excluding hydrogens is 438 g/mol. The maximum atomic E-state index is 5.53. The standard InChI is InChI=1S/C23H35N7S2/c1-18(25-27-22(31)29-14-7-3-4-8-15-29)20-12-11-13-21(24-20)19(2)26-28-23(32)30-16-9-5-6-10-17-30/h11-13H,3-10,14-17H2,1-2H3,(H,27,31)(H,28,32)/b25-18+,26-19+. The highest BCUT2D eigenvalue weighted by Gasteiger charge is 2.13. The highest BCUT2D eigenvalue weighted by Crippen LogP contribution is 2.11. The molecule has 1 aromatic heterocycles. The zero-order chi connectivity index (χ0) is 22.8. The Bertz CT molecular complexity index is 771. The molecule has 0 unspecified atom stereocenters. The van der Waals surface area contributed by atoms with E-state index >= 15 is 0 Å². The molecule has 0 amide bonds. The maximum absolute atomic E-state index is 5.53. The third kappa shape index (κ3) is 7.48. The number of nitrogens with zero attached hydrogens (tertiary/aromatic N) is 5. The quantitative estimate of drug-likeness (QED) is 0.389. The van der Waals surface area contributed by atoms with Gasteiger partial charge in [-0.1, -0.05) is 31.7 Å². The van der Waals surface area contributed by atoms with Crippen LogP contribution in [0.5, 0.6) is 0 Å². The fraction of sp³-hybridized carbons (Fsp3) is 0.609. The lowest BCUT2D eigenvalue weighted by Crippen LogP contribution is -2.38. The molecule has 0 saturated carbocycles. The van der Waals surface area contributed by atoms with Gasteiger partial charge in [-0.25, -0.2) is 4.98 Å². The van der Waals surface area contributed by atoms with Gasteiger partial charge in [0.15, 0.2) is 10.2 Å². The van der Waals surface area contributed by atoms with E-state index in [-0.39, 0.29) is 0 Å². The van der Waals surface area contributed by atoms with Crippen LogP contribution in [0.4, 0.5) is 0 Å². The highest BCUT2D eigenvalue weighted by molar-refractivity contribution is 7.80. The van der Waals surface area contributed by atoms with Crippen LogP contribution in [0.1, 0.15) is 76.6 Å². The first-order chi connectivity index (χ1) is 15.5. The Morgan fingerprint density at radius 3 is 1.47 bits per heavy atom. The summed E-state index contributed by atoms with van der Waals surface area (Å²) in [6, 6.07) is 5.86. The van der Waals surface area contributed by atoms with Crippen molar-refractivity contribution >= 4 is 46.1 Å². The number of likely N-dealkylation sites (tertiary alicyclic amines) is 2. The lowest BCUT2D eigenvalue weighted by atomic mass is 10.2. The fourth-order valence-electron chi connectivity index (χ4n) is 3.90. The van der Waals surface area contributed by atoms with Crippen LogP contribution >= 0.6 is 24.4 Å². The number of nitrogens with one attached hydrogen (secondary N) is 2. The molecule has 0 bridgehead atoms. The molecule has 2 fully saturated rings. The summed E-state index contributed by atoms with van der Waals surface area (Å²) in [4.78, 5) is 9.14. The molecule has 0 aliphatic carbocycles. The summed E-state index contributed by atoms with van der Waals surface area (Å²) in [7, 11) is 0. The van der Waals surface area contributed by atoms with Gasteiger partial charge in [-0.2, -0.15) is 10.2 Å². The Morgan fingerprint density at radius 2 is 1.09 bits per heavy atom. The number of hydrogen-bond acceptors (Lipinski definition) is 5. The predicted molar refractivity (Wildman–Crippen MR) is 140 cm³/mol. The van der Waals surface area contributed by atoms with Gasteiger partial charge in [0, 0.05) is 26.2 Å². The van der Waals surface area contributed by atoms with E-state index in [9.17, 15) is 0 Å². The van der Waals surface area contributed by atoms with Gasteiger partial charge >= 0.3 is 0 Å². The first-order valence-corrected chi connectivity index (χ1v) is 12.5. The third-order valence-corrected chi connectivity index (χ3v) is 6.61.